The lowest BCUT2D eigenvalue weighted by atomic mass is 10.3. The first-order valence-corrected chi connectivity index (χ1v) is 6.28. The Hall–Kier alpha value is -2.14. The van der Waals surface area contributed by atoms with E-state index in [9.17, 15) is 9.18 Å². The Morgan fingerprint density at radius 3 is 2.80 bits per heavy atom. The number of nitrogens with one attached hydrogen (secondary N) is 1. The van der Waals surface area contributed by atoms with E-state index >= 15 is 0 Å². The Labute approximate surface area is 120 Å². The maximum atomic E-state index is 12.9. The van der Waals surface area contributed by atoms with Crippen molar-refractivity contribution in [3.63, 3.8) is 0 Å². The summed E-state index contributed by atoms with van der Waals surface area (Å²) in [6.07, 6.45) is -0.765. The van der Waals surface area contributed by atoms with Crippen LogP contribution in [0.2, 0.25) is 5.02 Å². The molecule has 0 aliphatic rings. The normalized spacial score (nSPS) is 11.8. The summed E-state index contributed by atoms with van der Waals surface area (Å²) in [5.74, 6) is -0.474. The number of halogens is 2. The molecular weight excluding hydrogens is 283 g/mol. The molecule has 1 heterocycles. The predicted molar refractivity (Wildman–Crippen MR) is 74.4 cm³/mol. The third kappa shape index (κ3) is 3.93. The highest BCUT2D eigenvalue weighted by Gasteiger charge is 2.15. The number of hydrogen-bond acceptors (Lipinski definition) is 3. The fourth-order valence-electron chi connectivity index (χ4n) is 1.50. The minimum Gasteiger partial charge on any atom is -0.481 e. The molecule has 2 aromatic rings. The fraction of sp³-hybridized carbons (Fsp3) is 0.143. The van der Waals surface area contributed by atoms with Crippen molar-refractivity contribution in [1.29, 1.82) is 0 Å². The van der Waals surface area contributed by atoms with Gasteiger partial charge in [-0.1, -0.05) is 23.7 Å². The lowest BCUT2D eigenvalue weighted by Gasteiger charge is -2.14. The summed E-state index contributed by atoms with van der Waals surface area (Å²) in [4.78, 5) is 15.4. The minimum atomic E-state index is -0.765. The van der Waals surface area contributed by atoms with Crippen molar-refractivity contribution in [3.8, 4) is 5.75 Å². The molecule has 2 rings (SSSR count). The summed E-state index contributed by atoms with van der Waals surface area (Å²) in [7, 11) is 0. The van der Waals surface area contributed by atoms with E-state index in [1.54, 1.807) is 31.2 Å². The van der Waals surface area contributed by atoms with Crippen LogP contribution in [0.4, 0.5) is 10.2 Å². The van der Waals surface area contributed by atoms with E-state index in [0.29, 0.717) is 10.8 Å². The predicted octanol–water partition coefficient (Wildman–Crippen LogP) is 3.28. The number of rotatable bonds is 4. The number of aromatic nitrogens is 1. The van der Waals surface area contributed by atoms with Gasteiger partial charge in [-0.15, -0.1) is 0 Å². The zero-order chi connectivity index (χ0) is 14.5. The van der Waals surface area contributed by atoms with E-state index in [1.807, 2.05) is 0 Å². The summed E-state index contributed by atoms with van der Waals surface area (Å²) >= 11 is 5.82. The molecule has 1 unspecified atom stereocenters. The van der Waals surface area contributed by atoms with Gasteiger partial charge in [-0.25, -0.2) is 4.98 Å². The van der Waals surface area contributed by atoms with Crippen LogP contribution in [0.15, 0.2) is 42.5 Å². The molecule has 1 atom stereocenters. The van der Waals surface area contributed by atoms with Gasteiger partial charge in [0.05, 0.1) is 0 Å². The SMILES string of the molecule is CC(Oc1cccc(Cl)c1)C(=O)Nc1cccc(F)n1. The van der Waals surface area contributed by atoms with Gasteiger partial charge in [0.1, 0.15) is 11.6 Å². The van der Waals surface area contributed by atoms with Gasteiger partial charge in [-0.05, 0) is 37.3 Å². The molecule has 0 saturated heterocycles. The summed E-state index contributed by atoms with van der Waals surface area (Å²) in [5.41, 5.74) is 0. The van der Waals surface area contributed by atoms with Gasteiger partial charge in [-0.3, -0.25) is 4.79 Å². The fourth-order valence-corrected chi connectivity index (χ4v) is 1.68. The molecule has 0 aliphatic heterocycles. The van der Waals surface area contributed by atoms with Gasteiger partial charge >= 0.3 is 0 Å². The highest BCUT2D eigenvalue weighted by atomic mass is 35.5. The second-order valence-corrected chi connectivity index (χ2v) is 4.49. The Kier molecular flexibility index (Phi) is 4.53. The molecule has 0 bridgehead atoms. The number of carbonyl (C=O) groups excluding carboxylic acids is 1. The van der Waals surface area contributed by atoms with E-state index in [1.165, 1.54) is 18.2 Å². The Balaban J connectivity index is 1.98. The summed E-state index contributed by atoms with van der Waals surface area (Å²) in [6, 6.07) is 10.9. The van der Waals surface area contributed by atoms with Crippen molar-refractivity contribution >= 4 is 23.3 Å². The monoisotopic (exact) mass is 294 g/mol. The van der Waals surface area contributed by atoms with Crippen molar-refractivity contribution < 1.29 is 13.9 Å². The third-order valence-electron chi connectivity index (χ3n) is 2.44. The number of carbonyl (C=O) groups is 1. The molecular formula is C14H12ClFN2O2. The van der Waals surface area contributed by atoms with Crippen LogP contribution in [0.3, 0.4) is 0 Å². The molecule has 1 N–H and O–H groups in total. The second-order valence-electron chi connectivity index (χ2n) is 4.05. The number of amides is 1. The van der Waals surface area contributed by atoms with E-state index in [-0.39, 0.29) is 5.82 Å². The molecule has 1 aromatic carbocycles. The largest absolute Gasteiger partial charge is 0.481 e. The molecule has 1 amide bonds. The number of benzene rings is 1. The second kappa shape index (κ2) is 6.34. The quantitative estimate of drug-likeness (QED) is 0.881. The van der Waals surface area contributed by atoms with Crippen molar-refractivity contribution in [2.75, 3.05) is 5.32 Å². The Morgan fingerprint density at radius 2 is 2.10 bits per heavy atom. The first-order valence-electron chi connectivity index (χ1n) is 5.90. The van der Waals surface area contributed by atoms with E-state index in [0.717, 1.165) is 0 Å². The molecule has 20 heavy (non-hydrogen) atoms. The van der Waals surface area contributed by atoms with Crippen molar-refractivity contribution in [3.05, 3.63) is 53.4 Å². The van der Waals surface area contributed by atoms with Crippen molar-refractivity contribution in [1.82, 2.24) is 4.98 Å². The lowest BCUT2D eigenvalue weighted by Crippen LogP contribution is -2.30. The topological polar surface area (TPSA) is 51.2 Å². The van der Waals surface area contributed by atoms with E-state index < -0.39 is 18.0 Å². The highest BCUT2D eigenvalue weighted by molar-refractivity contribution is 6.30. The van der Waals surface area contributed by atoms with Crippen LogP contribution in [0.5, 0.6) is 5.75 Å². The molecule has 1 aromatic heterocycles. The summed E-state index contributed by atoms with van der Waals surface area (Å²) in [6.45, 7) is 1.58. The van der Waals surface area contributed by atoms with Gasteiger partial charge in [-0.2, -0.15) is 4.39 Å². The number of pyridine rings is 1. The van der Waals surface area contributed by atoms with E-state index in [4.69, 9.17) is 16.3 Å². The standard InChI is InChI=1S/C14H12ClFN2O2/c1-9(20-11-5-2-4-10(15)8-11)14(19)18-13-7-3-6-12(16)17-13/h2-9H,1H3,(H,17,18,19). The first-order chi connectivity index (χ1) is 9.54. The molecule has 6 heteroatoms. The molecule has 104 valence electrons. The average Bonchev–Trinajstić information content (AvgIpc) is 2.38. The number of anilines is 1. The number of nitrogens with zero attached hydrogens (tertiary/aromatic N) is 1. The smallest absolute Gasteiger partial charge is 0.266 e. The van der Waals surface area contributed by atoms with Crippen LogP contribution in [-0.2, 0) is 4.79 Å². The lowest BCUT2D eigenvalue weighted by molar-refractivity contribution is -0.122. The zero-order valence-corrected chi connectivity index (χ0v) is 11.4. The van der Waals surface area contributed by atoms with Crippen LogP contribution >= 0.6 is 11.6 Å². The summed E-state index contributed by atoms with van der Waals surface area (Å²) < 4.78 is 18.3. The minimum absolute atomic E-state index is 0.136. The van der Waals surface area contributed by atoms with Gasteiger partial charge in [0.15, 0.2) is 6.10 Å². The maximum Gasteiger partial charge on any atom is 0.266 e. The van der Waals surface area contributed by atoms with E-state index in [2.05, 4.69) is 10.3 Å². The molecule has 4 nitrogen and oxygen atoms in total. The number of hydrogen-bond donors (Lipinski definition) is 1. The van der Waals surface area contributed by atoms with Crippen molar-refractivity contribution in [2.45, 2.75) is 13.0 Å². The van der Waals surface area contributed by atoms with Crippen LogP contribution in [-0.4, -0.2) is 17.0 Å². The van der Waals surface area contributed by atoms with Gasteiger partial charge in [0.2, 0.25) is 5.95 Å². The van der Waals surface area contributed by atoms with Crippen molar-refractivity contribution in [2.24, 2.45) is 0 Å². The van der Waals surface area contributed by atoms with Gasteiger partial charge in [0, 0.05) is 5.02 Å². The average molecular weight is 295 g/mol. The van der Waals surface area contributed by atoms with Crippen LogP contribution in [0.25, 0.3) is 0 Å². The Morgan fingerprint density at radius 1 is 1.35 bits per heavy atom. The summed E-state index contributed by atoms with van der Waals surface area (Å²) in [5, 5.41) is 2.98. The maximum absolute atomic E-state index is 12.9. The molecule has 0 radical (unpaired) electrons. The van der Waals surface area contributed by atoms with Crippen LogP contribution in [0, 0.1) is 5.95 Å². The first kappa shape index (κ1) is 14.3. The molecule has 0 saturated carbocycles. The van der Waals surface area contributed by atoms with Gasteiger partial charge < -0.3 is 10.1 Å². The molecule has 0 spiro atoms. The number of ether oxygens (including phenoxy) is 1. The Bertz CT molecular complexity index is 622. The van der Waals surface area contributed by atoms with Crippen LogP contribution in [0.1, 0.15) is 6.92 Å². The zero-order valence-electron chi connectivity index (χ0n) is 10.6. The van der Waals surface area contributed by atoms with Crippen LogP contribution < -0.4 is 10.1 Å². The van der Waals surface area contributed by atoms with Gasteiger partial charge in [0.25, 0.3) is 5.91 Å². The third-order valence-corrected chi connectivity index (χ3v) is 2.68. The molecule has 0 aliphatic carbocycles. The molecule has 0 fully saturated rings. The highest BCUT2D eigenvalue weighted by Crippen LogP contribution is 2.18.